The van der Waals surface area contributed by atoms with Crippen molar-refractivity contribution in [3.63, 3.8) is 0 Å². The molecule has 0 radical (unpaired) electrons. The van der Waals surface area contributed by atoms with Crippen LogP contribution in [0.25, 0.3) is 20.8 Å². The average Bonchev–Trinajstić information content (AvgIpc) is 3.35. The van der Waals surface area contributed by atoms with Crippen molar-refractivity contribution in [2.24, 2.45) is 11.8 Å². The second-order valence-electron chi connectivity index (χ2n) is 10.0. The van der Waals surface area contributed by atoms with Crippen LogP contribution in [0, 0.1) is 18.8 Å². The number of benzene rings is 3. The lowest BCUT2D eigenvalue weighted by Crippen LogP contribution is -2.31. The van der Waals surface area contributed by atoms with Crippen LogP contribution in [0.4, 0.5) is 5.69 Å². The second kappa shape index (κ2) is 11.5. The van der Waals surface area contributed by atoms with Crippen molar-refractivity contribution in [2.45, 2.75) is 46.7 Å². The minimum Gasteiger partial charge on any atom is -0.459 e. The zero-order valence-electron chi connectivity index (χ0n) is 21.8. The summed E-state index contributed by atoms with van der Waals surface area (Å²) in [7, 11) is 0. The molecule has 1 aromatic heterocycles. The first-order valence-corrected chi connectivity index (χ1v) is 13.7. The Labute approximate surface area is 227 Å². The molecular formula is C31H32N2O4S. The minimum atomic E-state index is -0.518. The van der Waals surface area contributed by atoms with Gasteiger partial charge in [0, 0.05) is 17.7 Å². The SMILES string of the molecule is Cc1ccc2nc(-c3ccc(NC(=O)C4=CC(C(C)C)CC(OCc5ccc(CO)cc5)O4)cc3)sc2c1. The van der Waals surface area contributed by atoms with Crippen LogP contribution >= 0.6 is 11.3 Å². The molecule has 38 heavy (non-hydrogen) atoms. The van der Waals surface area contributed by atoms with E-state index in [1.165, 1.54) is 5.56 Å². The van der Waals surface area contributed by atoms with E-state index >= 15 is 0 Å². The van der Waals surface area contributed by atoms with Gasteiger partial charge in [0.1, 0.15) is 5.01 Å². The highest BCUT2D eigenvalue weighted by Gasteiger charge is 2.29. The quantitative estimate of drug-likeness (QED) is 0.262. The Balaban J connectivity index is 1.24. The summed E-state index contributed by atoms with van der Waals surface area (Å²) < 4.78 is 13.2. The number of carbonyl (C=O) groups excluding carboxylic acids is 1. The Hall–Kier alpha value is -3.52. The number of carbonyl (C=O) groups is 1. The van der Waals surface area contributed by atoms with Gasteiger partial charge in [0.15, 0.2) is 5.76 Å². The number of fused-ring (bicyclic) bond motifs is 1. The van der Waals surface area contributed by atoms with Crippen LogP contribution in [-0.4, -0.2) is 22.3 Å². The number of rotatable bonds is 8. The van der Waals surface area contributed by atoms with E-state index in [4.69, 9.17) is 14.5 Å². The summed E-state index contributed by atoms with van der Waals surface area (Å²) in [6.07, 6.45) is 2.07. The molecule has 0 aliphatic carbocycles. The molecule has 2 N–H and O–H groups in total. The molecule has 1 amide bonds. The number of aliphatic hydroxyl groups is 1. The molecule has 2 heterocycles. The molecule has 196 valence electrons. The number of hydrogen-bond donors (Lipinski definition) is 2. The summed E-state index contributed by atoms with van der Waals surface area (Å²) in [5.74, 6) is 0.491. The van der Waals surface area contributed by atoms with Crippen molar-refractivity contribution < 1.29 is 19.4 Å². The fourth-order valence-corrected chi connectivity index (χ4v) is 5.45. The zero-order chi connectivity index (χ0) is 26.6. The van der Waals surface area contributed by atoms with Gasteiger partial charge in [-0.25, -0.2) is 4.98 Å². The molecule has 2 atom stereocenters. The second-order valence-corrected chi connectivity index (χ2v) is 11.1. The molecule has 4 aromatic rings. The third-order valence-electron chi connectivity index (χ3n) is 6.74. The summed E-state index contributed by atoms with van der Waals surface area (Å²) in [6, 6.07) is 21.6. The summed E-state index contributed by atoms with van der Waals surface area (Å²) in [5.41, 5.74) is 5.74. The van der Waals surface area contributed by atoms with E-state index in [9.17, 15) is 9.90 Å². The van der Waals surface area contributed by atoms with E-state index in [1.54, 1.807) is 11.3 Å². The van der Waals surface area contributed by atoms with E-state index in [1.807, 2.05) is 60.7 Å². The standard InChI is InChI=1S/C31H32N2O4S/c1-19(2)24-15-27(37-29(16-24)36-18-22-7-5-21(17-34)6-8-22)30(35)32-25-11-9-23(10-12-25)31-33-26-13-4-20(3)14-28(26)38-31/h4-15,19,24,29,34H,16-18H2,1-3H3,(H,32,35). The number of aliphatic hydroxyl groups excluding tert-OH is 1. The first kappa shape index (κ1) is 26.1. The molecule has 1 aliphatic rings. The largest absolute Gasteiger partial charge is 0.459 e. The molecule has 1 aliphatic heterocycles. The molecule has 7 heteroatoms. The van der Waals surface area contributed by atoms with Gasteiger partial charge < -0.3 is 19.9 Å². The maximum absolute atomic E-state index is 13.1. The number of thiazole rings is 1. The van der Waals surface area contributed by atoms with Crippen molar-refractivity contribution in [3.8, 4) is 10.6 Å². The fraction of sp³-hybridized carbons (Fsp3) is 0.290. The normalized spacial score (nSPS) is 17.3. The molecule has 0 fully saturated rings. The molecule has 0 saturated carbocycles. The summed E-state index contributed by atoms with van der Waals surface area (Å²) in [5, 5.41) is 13.1. The highest BCUT2D eigenvalue weighted by atomic mass is 32.1. The molecule has 5 rings (SSSR count). The van der Waals surface area contributed by atoms with Gasteiger partial charge in [0.05, 0.1) is 23.4 Å². The number of aromatic nitrogens is 1. The van der Waals surface area contributed by atoms with Crippen molar-refractivity contribution in [1.29, 1.82) is 0 Å². The lowest BCUT2D eigenvalue weighted by Gasteiger charge is -2.31. The predicted octanol–water partition coefficient (Wildman–Crippen LogP) is 6.82. The number of nitrogens with zero attached hydrogens (tertiary/aromatic N) is 1. The van der Waals surface area contributed by atoms with Crippen LogP contribution in [0.5, 0.6) is 0 Å². The van der Waals surface area contributed by atoms with Crippen LogP contribution in [0.2, 0.25) is 0 Å². The highest BCUT2D eigenvalue weighted by Crippen LogP contribution is 2.32. The van der Waals surface area contributed by atoms with Crippen molar-refractivity contribution in [1.82, 2.24) is 4.98 Å². The lowest BCUT2D eigenvalue weighted by atomic mass is 9.90. The summed E-state index contributed by atoms with van der Waals surface area (Å²) in [4.78, 5) is 17.9. The van der Waals surface area contributed by atoms with Crippen molar-refractivity contribution in [3.05, 3.63) is 95.3 Å². The van der Waals surface area contributed by atoms with E-state index in [2.05, 4.69) is 38.2 Å². The molecule has 6 nitrogen and oxygen atoms in total. The third kappa shape index (κ3) is 6.13. The Bertz CT molecular complexity index is 1440. The predicted molar refractivity (Wildman–Crippen MR) is 151 cm³/mol. The maximum Gasteiger partial charge on any atom is 0.290 e. The third-order valence-corrected chi connectivity index (χ3v) is 7.81. The lowest BCUT2D eigenvalue weighted by molar-refractivity contribution is -0.152. The van der Waals surface area contributed by atoms with Gasteiger partial charge >= 0.3 is 0 Å². The van der Waals surface area contributed by atoms with Crippen LogP contribution in [0.3, 0.4) is 0 Å². The Morgan fingerprint density at radius 2 is 1.84 bits per heavy atom. The van der Waals surface area contributed by atoms with Gasteiger partial charge in [-0.15, -0.1) is 11.3 Å². The number of aryl methyl sites for hydroxylation is 1. The van der Waals surface area contributed by atoms with Crippen LogP contribution < -0.4 is 5.32 Å². The number of anilines is 1. The van der Waals surface area contributed by atoms with E-state index in [-0.39, 0.29) is 24.2 Å². The topological polar surface area (TPSA) is 80.7 Å². The number of allylic oxidation sites excluding steroid dienone is 1. The first-order valence-electron chi connectivity index (χ1n) is 12.9. The zero-order valence-corrected chi connectivity index (χ0v) is 22.6. The van der Waals surface area contributed by atoms with E-state index in [0.717, 1.165) is 31.9 Å². The van der Waals surface area contributed by atoms with Crippen LogP contribution in [0.1, 0.15) is 37.0 Å². The van der Waals surface area contributed by atoms with Gasteiger partial charge in [-0.1, -0.05) is 44.2 Å². The molecule has 3 aromatic carbocycles. The monoisotopic (exact) mass is 528 g/mol. The Morgan fingerprint density at radius 1 is 1.11 bits per heavy atom. The molecular weight excluding hydrogens is 496 g/mol. The number of nitrogens with one attached hydrogen (secondary N) is 1. The van der Waals surface area contributed by atoms with Gasteiger partial charge in [0.25, 0.3) is 5.91 Å². The Morgan fingerprint density at radius 3 is 2.55 bits per heavy atom. The van der Waals surface area contributed by atoms with Crippen LogP contribution in [-0.2, 0) is 27.5 Å². The van der Waals surface area contributed by atoms with E-state index in [0.29, 0.717) is 24.6 Å². The minimum absolute atomic E-state index is 0.0105. The van der Waals surface area contributed by atoms with Gasteiger partial charge in [0.2, 0.25) is 6.29 Å². The number of ether oxygens (including phenoxy) is 2. The molecule has 0 saturated heterocycles. The van der Waals surface area contributed by atoms with Gasteiger partial charge in [-0.2, -0.15) is 0 Å². The number of amides is 1. The van der Waals surface area contributed by atoms with Crippen molar-refractivity contribution >= 4 is 33.1 Å². The Kier molecular flexibility index (Phi) is 7.88. The highest BCUT2D eigenvalue weighted by molar-refractivity contribution is 7.21. The fourth-order valence-electron chi connectivity index (χ4n) is 4.38. The van der Waals surface area contributed by atoms with Gasteiger partial charge in [-0.3, -0.25) is 4.79 Å². The van der Waals surface area contributed by atoms with Gasteiger partial charge in [-0.05, 0) is 77.9 Å². The molecule has 0 bridgehead atoms. The maximum atomic E-state index is 13.1. The van der Waals surface area contributed by atoms with E-state index < -0.39 is 6.29 Å². The summed E-state index contributed by atoms with van der Waals surface area (Å²) >= 11 is 1.66. The first-order chi connectivity index (χ1) is 18.4. The average molecular weight is 529 g/mol. The molecule has 0 spiro atoms. The molecule has 2 unspecified atom stereocenters. The van der Waals surface area contributed by atoms with Crippen LogP contribution in [0.15, 0.2) is 78.6 Å². The number of hydrogen-bond acceptors (Lipinski definition) is 6. The summed E-state index contributed by atoms with van der Waals surface area (Å²) in [6.45, 7) is 6.72. The smallest absolute Gasteiger partial charge is 0.290 e. The van der Waals surface area contributed by atoms with Crippen molar-refractivity contribution in [2.75, 3.05) is 5.32 Å².